The number of carbonyl (C=O) groups is 1. The number of nitrogens with zero attached hydrogens (tertiary/aromatic N) is 3. The molecule has 2 fully saturated rings. The number of rotatable bonds is 10. The fourth-order valence-electron chi connectivity index (χ4n) is 3.58. The number of nitrogens with one attached hydrogen (secondary N) is 1. The highest BCUT2D eigenvalue weighted by atomic mass is 32.2. The Morgan fingerprint density at radius 2 is 2.00 bits per heavy atom. The van der Waals surface area contributed by atoms with E-state index in [4.69, 9.17) is 0 Å². The highest BCUT2D eigenvalue weighted by molar-refractivity contribution is 7.98. The molecule has 7 heteroatoms. The molecule has 2 aromatic rings. The fraction of sp³-hybridized carbons (Fsp3) is 0.476. The number of carboxylic acids is 1. The smallest absolute Gasteiger partial charge is 0.317 e. The first-order chi connectivity index (χ1) is 13.7. The third kappa shape index (κ3) is 5.45. The molecule has 0 radical (unpaired) electrons. The number of hydrogen-bond acceptors (Lipinski definition) is 6. The van der Waals surface area contributed by atoms with Crippen molar-refractivity contribution >= 4 is 23.5 Å². The molecule has 0 atom stereocenters. The van der Waals surface area contributed by atoms with Crippen molar-refractivity contribution in [1.82, 2.24) is 14.9 Å². The zero-order valence-corrected chi connectivity index (χ0v) is 16.6. The molecular weight excluding hydrogens is 372 g/mol. The van der Waals surface area contributed by atoms with Gasteiger partial charge < -0.3 is 10.4 Å². The van der Waals surface area contributed by atoms with Gasteiger partial charge in [0.05, 0.1) is 18.9 Å². The summed E-state index contributed by atoms with van der Waals surface area (Å²) in [5.41, 5.74) is 1.27. The van der Waals surface area contributed by atoms with E-state index in [1.807, 2.05) is 18.2 Å². The molecule has 0 amide bonds. The van der Waals surface area contributed by atoms with Gasteiger partial charge >= 0.3 is 5.97 Å². The van der Waals surface area contributed by atoms with Gasteiger partial charge in [-0.25, -0.2) is 4.98 Å². The number of aliphatic carboxylic acids is 1. The third-order valence-electron chi connectivity index (χ3n) is 5.35. The molecule has 28 heavy (non-hydrogen) atoms. The molecule has 0 aliphatic heterocycles. The van der Waals surface area contributed by atoms with Crippen molar-refractivity contribution in [2.75, 3.05) is 18.4 Å². The van der Waals surface area contributed by atoms with Crippen molar-refractivity contribution < 1.29 is 9.90 Å². The molecule has 1 heterocycles. The molecule has 2 aliphatic carbocycles. The summed E-state index contributed by atoms with van der Waals surface area (Å²) >= 11 is 1.68. The van der Waals surface area contributed by atoms with Gasteiger partial charge in [-0.05, 0) is 37.2 Å². The van der Waals surface area contributed by atoms with Crippen LogP contribution >= 0.6 is 11.8 Å². The van der Waals surface area contributed by atoms with E-state index in [1.165, 1.54) is 18.4 Å². The van der Waals surface area contributed by atoms with Crippen molar-refractivity contribution in [3.05, 3.63) is 48.3 Å². The number of hydrogen-bond donors (Lipinski definition) is 2. The van der Waals surface area contributed by atoms with Crippen molar-refractivity contribution in [3.63, 3.8) is 0 Å². The van der Waals surface area contributed by atoms with Crippen molar-refractivity contribution in [1.29, 1.82) is 0 Å². The second kappa shape index (κ2) is 8.92. The van der Waals surface area contributed by atoms with Crippen LogP contribution in [0.2, 0.25) is 0 Å². The predicted molar refractivity (Wildman–Crippen MR) is 110 cm³/mol. The lowest BCUT2D eigenvalue weighted by Gasteiger charge is -2.43. The Morgan fingerprint density at radius 3 is 2.71 bits per heavy atom. The van der Waals surface area contributed by atoms with E-state index in [0.29, 0.717) is 18.0 Å². The second-order valence-corrected chi connectivity index (χ2v) is 8.75. The van der Waals surface area contributed by atoms with Crippen LogP contribution in [0.15, 0.2) is 47.8 Å². The molecule has 0 spiro atoms. The Labute approximate surface area is 169 Å². The monoisotopic (exact) mass is 398 g/mol. The number of benzene rings is 1. The average Bonchev–Trinajstić information content (AvgIpc) is 3.47. The first kappa shape index (κ1) is 19.2. The van der Waals surface area contributed by atoms with Gasteiger partial charge in [0, 0.05) is 24.4 Å². The Balaban J connectivity index is 1.26. The summed E-state index contributed by atoms with van der Waals surface area (Å²) in [5.74, 6) is 1.64. The zero-order valence-electron chi connectivity index (χ0n) is 15.8. The van der Waals surface area contributed by atoms with E-state index in [2.05, 4.69) is 32.3 Å². The lowest BCUT2D eigenvalue weighted by atomic mass is 9.85. The topological polar surface area (TPSA) is 78.4 Å². The standard InChI is InChI=1S/C21H26N4O2S/c26-21(27)13-25(12-15-6-7-15)18-8-17(9-18)23-19-10-22-11-20(24-19)28-14-16-4-2-1-3-5-16/h1-5,10-11,15,17-18H,6-9,12-14H2,(H,23,24)(H,26,27). The SMILES string of the molecule is O=C(O)CN(CC1CC1)C1CC(Nc2cncc(SCc3ccccc3)n2)C1. The maximum absolute atomic E-state index is 11.2. The van der Waals surface area contributed by atoms with Gasteiger partial charge in [-0.3, -0.25) is 14.7 Å². The molecule has 0 unspecified atom stereocenters. The molecule has 4 rings (SSSR count). The molecule has 2 aliphatic rings. The summed E-state index contributed by atoms with van der Waals surface area (Å²) in [6.45, 7) is 1.08. The molecule has 6 nitrogen and oxygen atoms in total. The minimum Gasteiger partial charge on any atom is -0.480 e. The second-order valence-electron chi connectivity index (χ2n) is 7.75. The van der Waals surface area contributed by atoms with Gasteiger partial charge in [0.2, 0.25) is 0 Å². The van der Waals surface area contributed by atoms with E-state index in [-0.39, 0.29) is 6.54 Å². The lowest BCUT2D eigenvalue weighted by molar-refractivity contribution is -0.139. The van der Waals surface area contributed by atoms with Crippen molar-refractivity contribution in [2.24, 2.45) is 5.92 Å². The minimum absolute atomic E-state index is 0.152. The summed E-state index contributed by atoms with van der Waals surface area (Å²) in [7, 11) is 0. The number of thioether (sulfide) groups is 1. The van der Waals surface area contributed by atoms with Crippen LogP contribution in [-0.4, -0.2) is 51.1 Å². The predicted octanol–water partition coefficient (Wildman–Crippen LogP) is 3.51. The summed E-state index contributed by atoms with van der Waals surface area (Å²) in [6.07, 6.45) is 7.97. The van der Waals surface area contributed by atoms with Gasteiger partial charge in [0.1, 0.15) is 10.8 Å². The normalized spacial score (nSPS) is 21.3. The van der Waals surface area contributed by atoms with Gasteiger partial charge in [-0.2, -0.15) is 0 Å². The van der Waals surface area contributed by atoms with Crippen LogP contribution < -0.4 is 5.32 Å². The number of anilines is 1. The van der Waals surface area contributed by atoms with Gasteiger partial charge in [-0.15, -0.1) is 11.8 Å². The molecule has 148 valence electrons. The maximum Gasteiger partial charge on any atom is 0.317 e. The van der Waals surface area contributed by atoms with Crippen LogP contribution in [0.5, 0.6) is 0 Å². The number of carboxylic acid groups (broad SMARTS) is 1. The quantitative estimate of drug-likeness (QED) is 0.593. The van der Waals surface area contributed by atoms with Crippen molar-refractivity contribution in [3.8, 4) is 0 Å². The van der Waals surface area contributed by atoms with E-state index in [1.54, 1.807) is 24.2 Å². The summed E-state index contributed by atoms with van der Waals surface area (Å²) in [6, 6.07) is 11.0. The molecule has 1 aromatic heterocycles. The maximum atomic E-state index is 11.2. The van der Waals surface area contributed by atoms with E-state index in [9.17, 15) is 9.90 Å². The molecule has 1 aromatic carbocycles. The molecule has 0 bridgehead atoms. The van der Waals surface area contributed by atoms with Crippen LogP contribution in [0.25, 0.3) is 0 Å². The van der Waals surface area contributed by atoms with Crippen LogP contribution in [0.3, 0.4) is 0 Å². The van der Waals surface area contributed by atoms with Gasteiger partial charge in [0.25, 0.3) is 0 Å². The Morgan fingerprint density at radius 1 is 1.21 bits per heavy atom. The molecule has 2 saturated carbocycles. The zero-order chi connectivity index (χ0) is 19.3. The van der Waals surface area contributed by atoms with Gasteiger partial charge in [0.15, 0.2) is 0 Å². The summed E-state index contributed by atoms with van der Waals surface area (Å²) in [5, 5.41) is 13.5. The summed E-state index contributed by atoms with van der Waals surface area (Å²) in [4.78, 5) is 22.3. The van der Waals surface area contributed by atoms with Crippen LogP contribution in [-0.2, 0) is 10.5 Å². The largest absolute Gasteiger partial charge is 0.480 e. The van der Waals surface area contributed by atoms with E-state index in [0.717, 1.165) is 36.0 Å². The number of aromatic nitrogens is 2. The lowest BCUT2D eigenvalue weighted by Crippen LogP contribution is -2.52. The van der Waals surface area contributed by atoms with Crippen LogP contribution in [0.4, 0.5) is 5.82 Å². The highest BCUT2D eigenvalue weighted by Gasteiger charge is 2.37. The van der Waals surface area contributed by atoms with Crippen LogP contribution in [0, 0.1) is 5.92 Å². The Hall–Kier alpha value is -2.12. The molecule has 2 N–H and O–H groups in total. The Bertz CT molecular complexity index is 794. The average molecular weight is 399 g/mol. The minimum atomic E-state index is -0.730. The van der Waals surface area contributed by atoms with E-state index >= 15 is 0 Å². The van der Waals surface area contributed by atoms with Crippen molar-refractivity contribution in [2.45, 2.75) is 48.5 Å². The van der Waals surface area contributed by atoms with Crippen LogP contribution in [0.1, 0.15) is 31.2 Å². The molecular formula is C21H26N4O2S. The molecule has 0 saturated heterocycles. The third-order valence-corrected chi connectivity index (χ3v) is 6.32. The Kier molecular flexibility index (Phi) is 6.12. The fourth-order valence-corrected chi connectivity index (χ4v) is 4.39. The first-order valence-electron chi connectivity index (χ1n) is 9.87. The summed E-state index contributed by atoms with van der Waals surface area (Å²) < 4.78 is 0. The van der Waals surface area contributed by atoms with E-state index < -0.39 is 5.97 Å². The first-order valence-corrected chi connectivity index (χ1v) is 10.9. The van der Waals surface area contributed by atoms with Gasteiger partial charge in [-0.1, -0.05) is 30.3 Å². The highest BCUT2D eigenvalue weighted by Crippen LogP contribution is 2.34.